The zero-order valence-corrected chi connectivity index (χ0v) is 7.84. The summed E-state index contributed by atoms with van der Waals surface area (Å²) in [6.07, 6.45) is 7.84. The molecule has 12 heavy (non-hydrogen) atoms. The molecular weight excluding hydrogens is 146 g/mol. The molecule has 1 nitrogen and oxygen atoms in total. The third kappa shape index (κ3) is 2.00. The predicted molar refractivity (Wildman–Crippen MR) is 48.4 cm³/mol. The lowest BCUT2D eigenvalue weighted by Gasteiger charge is -2.20. The van der Waals surface area contributed by atoms with Gasteiger partial charge in [0.05, 0.1) is 11.5 Å². The van der Waals surface area contributed by atoms with E-state index < -0.39 is 0 Å². The van der Waals surface area contributed by atoms with Gasteiger partial charge in [-0.15, -0.1) is 0 Å². The van der Waals surface area contributed by atoms with Crippen LogP contribution in [0.3, 0.4) is 0 Å². The molecule has 2 aliphatic rings. The molecule has 2 saturated carbocycles. The van der Waals surface area contributed by atoms with Crippen LogP contribution in [0, 0.1) is 28.6 Å². The average molecular weight is 163 g/mol. The third-order valence-electron chi connectivity index (χ3n) is 3.14. The molecule has 0 aromatic heterocycles. The molecule has 0 N–H and O–H groups in total. The Morgan fingerprint density at radius 3 is 1.83 bits per heavy atom. The standard InChI is InChI=1S/C11H17N/c1-11(8-12,6-9-2-3-9)7-10-4-5-10/h9-10H,2-7H2,1H3. The lowest BCUT2D eigenvalue weighted by molar-refractivity contribution is 0.332. The van der Waals surface area contributed by atoms with Crippen molar-refractivity contribution in [3.05, 3.63) is 0 Å². The molecule has 0 bridgehead atoms. The first kappa shape index (κ1) is 8.10. The minimum atomic E-state index is 0.0162. The van der Waals surface area contributed by atoms with Crippen molar-refractivity contribution in [3.63, 3.8) is 0 Å². The monoisotopic (exact) mass is 163 g/mol. The van der Waals surface area contributed by atoms with E-state index in [1.165, 1.54) is 38.5 Å². The maximum atomic E-state index is 9.09. The molecule has 0 amide bonds. The molecule has 0 aromatic carbocycles. The van der Waals surface area contributed by atoms with Gasteiger partial charge in [-0.25, -0.2) is 0 Å². The van der Waals surface area contributed by atoms with E-state index in [0.29, 0.717) is 0 Å². The third-order valence-corrected chi connectivity index (χ3v) is 3.14. The Morgan fingerprint density at radius 2 is 1.58 bits per heavy atom. The normalized spacial score (nSPS) is 23.7. The Labute approximate surface area is 74.8 Å². The van der Waals surface area contributed by atoms with Crippen LogP contribution >= 0.6 is 0 Å². The van der Waals surface area contributed by atoms with E-state index >= 15 is 0 Å². The molecule has 0 unspecified atom stereocenters. The molecule has 0 atom stereocenters. The average Bonchev–Trinajstić information content (AvgIpc) is 2.85. The molecule has 0 spiro atoms. The second-order valence-electron chi connectivity index (χ2n) is 4.97. The summed E-state index contributed by atoms with van der Waals surface area (Å²) in [6, 6.07) is 2.52. The molecule has 0 radical (unpaired) electrons. The van der Waals surface area contributed by atoms with Gasteiger partial charge >= 0.3 is 0 Å². The van der Waals surface area contributed by atoms with Gasteiger partial charge in [-0.05, 0) is 31.6 Å². The molecule has 2 fully saturated rings. The van der Waals surface area contributed by atoms with Gasteiger partial charge in [0, 0.05) is 0 Å². The van der Waals surface area contributed by atoms with Crippen molar-refractivity contribution in [3.8, 4) is 6.07 Å². The van der Waals surface area contributed by atoms with Crippen LogP contribution in [0.4, 0.5) is 0 Å². The fourth-order valence-electron chi connectivity index (χ4n) is 2.09. The largest absolute Gasteiger partial charge is 0.198 e. The fourth-order valence-corrected chi connectivity index (χ4v) is 2.09. The smallest absolute Gasteiger partial charge is 0.0687 e. The lowest BCUT2D eigenvalue weighted by atomic mass is 9.81. The summed E-state index contributed by atoms with van der Waals surface area (Å²) in [5.41, 5.74) is 0.0162. The highest BCUT2D eigenvalue weighted by molar-refractivity contribution is 5.01. The van der Waals surface area contributed by atoms with Crippen molar-refractivity contribution in [2.24, 2.45) is 17.3 Å². The van der Waals surface area contributed by atoms with Gasteiger partial charge in [0.15, 0.2) is 0 Å². The lowest BCUT2D eigenvalue weighted by Crippen LogP contribution is -2.15. The van der Waals surface area contributed by atoms with Gasteiger partial charge in [0.2, 0.25) is 0 Å². The number of hydrogen-bond acceptors (Lipinski definition) is 1. The van der Waals surface area contributed by atoms with Crippen LogP contribution < -0.4 is 0 Å². The first-order valence-electron chi connectivity index (χ1n) is 5.13. The van der Waals surface area contributed by atoms with Gasteiger partial charge in [-0.3, -0.25) is 0 Å². The van der Waals surface area contributed by atoms with Crippen molar-refractivity contribution in [1.82, 2.24) is 0 Å². The van der Waals surface area contributed by atoms with Crippen molar-refractivity contribution < 1.29 is 0 Å². The minimum Gasteiger partial charge on any atom is -0.198 e. The molecule has 66 valence electrons. The minimum absolute atomic E-state index is 0.0162. The van der Waals surface area contributed by atoms with Gasteiger partial charge in [0.25, 0.3) is 0 Å². The van der Waals surface area contributed by atoms with Crippen molar-refractivity contribution in [1.29, 1.82) is 5.26 Å². The number of hydrogen-bond donors (Lipinski definition) is 0. The van der Waals surface area contributed by atoms with Crippen LogP contribution in [0.5, 0.6) is 0 Å². The second-order valence-corrected chi connectivity index (χ2v) is 4.97. The molecule has 0 saturated heterocycles. The summed E-state index contributed by atoms with van der Waals surface area (Å²) in [5.74, 6) is 1.79. The molecule has 2 rings (SSSR count). The Balaban J connectivity index is 1.86. The first-order chi connectivity index (χ1) is 5.72. The highest BCUT2D eigenvalue weighted by Crippen LogP contribution is 2.47. The predicted octanol–water partition coefficient (Wildman–Crippen LogP) is 3.12. The SMILES string of the molecule is CC(C#N)(CC1CC1)CC1CC1. The maximum Gasteiger partial charge on any atom is 0.0687 e. The zero-order valence-electron chi connectivity index (χ0n) is 7.84. The number of rotatable bonds is 4. The summed E-state index contributed by atoms with van der Waals surface area (Å²) < 4.78 is 0. The maximum absolute atomic E-state index is 9.09. The van der Waals surface area contributed by atoms with Gasteiger partial charge in [0.1, 0.15) is 0 Å². The molecule has 0 aliphatic heterocycles. The highest BCUT2D eigenvalue weighted by Gasteiger charge is 2.37. The van der Waals surface area contributed by atoms with E-state index in [4.69, 9.17) is 5.26 Å². The van der Waals surface area contributed by atoms with Crippen molar-refractivity contribution in [2.75, 3.05) is 0 Å². The Morgan fingerprint density at radius 1 is 1.17 bits per heavy atom. The highest BCUT2D eigenvalue weighted by atomic mass is 14.4. The summed E-state index contributed by atoms with van der Waals surface area (Å²) in [5, 5.41) is 9.09. The molecular formula is C11H17N. The quantitative estimate of drug-likeness (QED) is 0.624. The topological polar surface area (TPSA) is 23.8 Å². The van der Waals surface area contributed by atoms with E-state index in [9.17, 15) is 0 Å². The molecule has 1 heteroatoms. The Kier molecular flexibility index (Phi) is 1.87. The van der Waals surface area contributed by atoms with Crippen LogP contribution in [0.1, 0.15) is 45.4 Å². The van der Waals surface area contributed by atoms with Gasteiger partial charge < -0.3 is 0 Å². The number of nitrogens with zero attached hydrogens (tertiary/aromatic N) is 1. The second kappa shape index (κ2) is 2.76. The van der Waals surface area contributed by atoms with Gasteiger partial charge in [-0.1, -0.05) is 25.7 Å². The molecule has 0 aromatic rings. The zero-order chi connectivity index (χ0) is 8.60. The van der Waals surface area contributed by atoms with E-state index in [1.54, 1.807) is 0 Å². The molecule has 2 aliphatic carbocycles. The fraction of sp³-hybridized carbons (Fsp3) is 0.909. The van der Waals surface area contributed by atoms with Crippen LogP contribution in [0.2, 0.25) is 0 Å². The van der Waals surface area contributed by atoms with Crippen LogP contribution in [0.15, 0.2) is 0 Å². The van der Waals surface area contributed by atoms with E-state index in [2.05, 4.69) is 13.0 Å². The van der Waals surface area contributed by atoms with E-state index in [0.717, 1.165) is 11.8 Å². The number of nitriles is 1. The van der Waals surface area contributed by atoms with Crippen LogP contribution in [0.25, 0.3) is 0 Å². The van der Waals surface area contributed by atoms with E-state index in [1.807, 2.05) is 0 Å². The van der Waals surface area contributed by atoms with Crippen molar-refractivity contribution in [2.45, 2.75) is 45.4 Å². The van der Waals surface area contributed by atoms with Crippen LogP contribution in [-0.2, 0) is 0 Å². The Bertz CT molecular complexity index is 192. The van der Waals surface area contributed by atoms with Crippen LogP contribution in [-0.4, -0.2) is 0 Å². The van der Waals surface area contributed by atoms with Crippen molar-refractivity contribution >= 4 is 0 Å². The van der Waals surface area contributed by atoms with Gasteiger partial charge in [-0.2, -0.15) is 5.26 Å². The summed E-state index contributed by atoms with van der Waals surface area (Å²) in [7, 11) is 0. The summed E-state index contributed by atoms with van der Waals surface area (Å²) >= 11 is 0. The van der Waals surface area contributed by atoms with E-state index in [-0.39, 0.29) is 5.41 Å². The Hall–Kier alpha value is -0.510. The summed E-state index contributed by atoms with van der Waals surface area (Å²) in [6.45, 7) is 2.16. The first-order valence-corrected chi connectivity index (χ1v) is 5.13. The molecule has 0 heterocycles. The summed E-state index contributed by atoms with van der Waals surface area (Å²) in [4.78, 5) is 0.